The monoisotopic (exact) mass is 343 g/mol. The van der Waals surface area contributed by atoms with Gasteiger partial charge in [-0.15, -0.1) is 0 Å². The summed E-state index contributed by atoms with van der Waals surface area (Å²) in [6.45, 7) is 6.02. The number of aromatic nitrogens is 2. The summed E-state index contributed by atoms with van der Waals surface area (Å²) >= 11 is 0. The maximum absolute atomic E-state index is 5.27. The molecular weight excluding hydrogens is 314 g/mol. The van der Waals surface area contributed by atoms with Gasteiger partial charge >= 0.3 is 0 Å². The van der Waals surface area contributed by atoms with E-state index in [4.69, 9.17) is 4.52 Å². The number of guanidine groups is 1. The molecule has 25 heavy (non-hydrogen) atoms. The quantitative estimate of drug-likeness (QED) is 0.415. The van der Waals surface area contributed by atoms with E-state index in [2.05, 4.69) is 44.8 Å². The first kappa shape index (κ1) is 19.0. The van der Waals surface area contributed by atoms with Crippen LogP contribution in [0.25, 0.3) is 11.5 Å². The minimum atomic E-state index is 0.582. The molecule has 0 fully saturated rings. The summed E-state index contributed by atoms with van der Waals surface area (Å²) in [5.74, 6) is 2.19. The van der Waals surface area contributed by atoms with Gasteiger partial charge in [-0.1, -0.05) is 44.0 Å². The smallest absolute Gasteiger partial charge is 0.257 e. The Hall–Kier alpha value is -2.37. The van der Waals surface area contributed by atoms with Crippen molar-refractivity contribution in [3.05, 3.63) is 35.7 Å². The molecule has 0 amide bonds. The molecule has 0 saturated carbocycles. The van der Waals surface area contributed by atoms with Gasteiger partial charge in [-0.05, 0) is 30.5 Å². The zero-order valence-electron chi connectivity index (χ0n) is 15.5. The Morgan fingerprint density at radius 2 is 1.84 bits per heavy atom. The highest BCUT2D eigenvalue weighted by molar-refractivity contribution is 5.79. The molecule has 136 valence electrons. The molecule has 6 heteroatoms. The van der Waals surface area contributed by atoms with Crippen molar-refractivity contribution in [1.82, 2.24) is 20.8 Å². The third-order valence-corrected chi connectivity index (χ3v) is 3.99. The predicted octanol–water partition coefficient (Wildman–Crippen LogP) is 3.20. The molecule has 2 rings (SSSR count). The lowest BCUT2D eigenvalue weighted by molar-refractivity contribution is 0.423. The first-order chi connectivity index (χ1) is 12.3. The lowest BCUT2D eigenvalue weighted by Crippen LogP contribution is -2.38. The van der Waals surface area contributed by atoms with E-state index >= 15 is 0 Å². The minimum absolute atomic E-state index is 0.582. The molecule has 0 aliphatic rings. The Labute approximate surface area is 150 Å². The first-order valence-electron chi connectivity index (χ1n) is 9.13. The molecule has 0 radical (unpaired) electrons. The molecule has 0 unspecified atom stereocenters. The van der Waals surface area contributed by atoms with Gasteiger partial charge in [0, 0.05) is 32.1 Å². The Balaban J connectivity index is 1.77. The predicted molar refractivity (Wildman–Crippen MR) is 102 cm³/mol. The molecule has 1 aromatic heterocycles. The van der Waals surface area contributed by atoms with Crippen LogP contribution in [0.4, 0.5) is 0 Å². The van der Waals surface area contributed by atoms with Gasteiger partial charge in [0.15, 0.2) is 11.8 Å². The molecule has 1 aromatic carbocycles. The van der Waals surface area contributed by atoms with Gasteiger partial charge in [-0.25, -0.2) is 0 Å². The van der Waals surface area contributed by atoms with Crippen LogP contribution in [0.5, 0.6) is 0 Å². The van der Waals surface area contributed by atoms with Gasteiger partial charge in [-0.3, -0.25) is 4.99 Å². The van der Waals surface area contributed by atoms with Crippen LogP contribution >= 0.6 is 0 Å². The lowest BCUT2D eigenvalue weighted by Gasteiger charge is -2.11. The molecule has 0 aliphatic carbocycles. The van der Waals surface area contributed by atoms with Crippen molar-refractivity contribution in [3.63, 3.8) is 0 Å². The summed E-state index contributed by atoms with van der Waals surface area (Å²) in [6.07, 6.45) is 5.36. The average Bonchev–Trinajstić information content (AvgIpc) is 3.13. The number of aliphatic imine (C=N–C) groups is 1. The van der Waals surface area contributed by atoms with E-state index in [1.165, 1.54) is 24.8 Å². The van der Waals surface area contributed by atoms with Crippen LogP contribution in [-0.2, 0) is 12.8 Å². The minimum Gasteiger partial charge on any atom is -0.356 e. The molecule has 0 atom stereocenters. The highest BCUT2D eigenvalue weighted by Crippen LogP contribution is 2.18. The summed E-state index contributed by atoms with van der Waals surface area (Å²) in [6, 6.07) is 8.26. The number of nitrogens with zero attached hydrogens (tertiary/aromatic N) is 3. The second-order valence-corrected chi connectivity index (χ2v) is 5.95. The Morgan fingerprint density at radius 1 is 1.08 bits per heavy atom. The highest BCUT2D eigenvalue weighted by Gasteiger charge is 2.07. The Bertz CT molecular complexity index is 648. The number of hydrogen-bond donors (Lipinski definition) is 2. The topological polar surface area (TPSA) is 75.3 Å². The zero-order valence-corrected chi connectivity index (χ0v) is 15.5. The fourth-order valence-electron chi connectivity index (χ4n) is 2.46. The molecule has 2 N–H and O–H groups in total. The number of hydrogen-bond acceptors (Lipinski definition) is 4. The number of nitrogens with one attached hydrogen (secondary N) is 2. The number of aryl methyl sites for hydroxylation is 1. The molecule has 1 heterocycles. The summed E-state index contributed by atoms with van der Waals surface area (Å²) in [4.78, 5) is 8.60. The van der Waals surface area contributed by atoms with E-state index in [1.807, 2.05) is 19.1 Å². The normalized spacial score (nSPS) is 11.6. The Kier molecular flexibility index (Phi) is 7.95. The van der Waals surface area contributed by atoms with E-state index in [1.54, 1.807) is 7.05 Å². The van der Waals surface area contributed by atoms with Gasteiger partial charge in [0.2, 0.25) is 0 Å². The summed E-state index contributed by atoms with van der Waals surface area (Å²) in [7, 11) is 1.80. The van der Waals surface area contributed by atoms with Crippen molar-refractivity contribution in [2.75, 3.05) is 20.1 Å². The molecule has 6 nitrogen and oxygen atoms in total. The van der Waals surface area contributed by atoms with Crippen LogP contribution in [0, 0.1) is 0 Å². The van der Waals surface area contributed by atoms with Crippen molar-refractivity contribution < 1.29 is 4.52 Å². The molecule has 0 bridgehead atoms. The van der Waals surface area contributed by atoms with E-state index in [9.17, 15) is 0 Å². The average molecular weight is 343 g/mol. The standard InChI is InChI=1S/C19H29N5O/c1-4-6-7-13-21-19(20-3)22-14-12-15-8-10-16(11-9-15)18-23-17(5-2)24-25-18/h8-11H,4-7,12-14H2,1-3H3,(H2,20,21,22). The summed E-state index contributed by atoms with van der Waals surface area (Å²) < 4.78 is 5.27. The summed E-state index contributed by atoms with van der Waals surface area (Å²) in [5.41, 5.74) is 2.21. The maximum Gasteiger partial charge on any atom is 0.257 e. The van der Waals surface area contributed by atoms with Crippen LogP contribution in [0.2, 0.25) is 0 Å². The fraction of sp³-hybridized carbons (Fsp3) is 0.526. The van der Waals surface area contributed by atoms with Gasteiger partial charge in [0.1, 0.15) is 0 Å². The summed E-state index contributed by atoms with van der Waals surface area (Å²) in [5, 5.41) is 10.6. The lowest BCUT2D eigenvalue weighted by atomic mass is 10.1. The maximum atomic E-state index is 5.27. The van der Waals surface area contributed by atoms with Crippen molar-refractivity contribution in [3.8, 4) is 11.5 Å². The van der Waals surface area contributed by atoms with Crippen LogP contribution in [0.15, 0.2) is 33.8 Å². The first-order valence-corrected chi connectivity index (χ1v) is 9.13. The third kappa shape index (κ3) is 6.21. The molecular formula is C19H29N5O. The number of rotatable bonds is 9. The van der Waals surface area contributed by atoms with Crippen LogP contribution in [0.1, 0.15) is 44.5 Å². The van der Waals surface area contributed by atoms with Gasteiger partial charge in [0.25, 0.3) is 5.89 Å². The van der Waals surface area contributed by atoms with Crippen LogP contribution < -0.4 is 10.6 Å². The molecule has 0 aliphatic heterocycles. The van der Waals surface area contributed by atoms with Crippen molar-refractivity contribution in [1.29, 1.82) is 0 Å². The van der Waals surface area contributed by atoms with Gasteiger partial charge < -0.3 is 15.2 Å². The second kappa shape index (κ2) is 10.5. The van der Waals surface area contributed by atoms with Crippen molar-refractivity contribution in [2.45, 2.75) is 46.0 Å². The van der Waals surface area contributed by atoms with Gasteiger partial charge in [-0.2, -0.15) is 4.98 Å². The van der Waals surface area contributed by atoms with Crippen molar-refractivity contribution in [2.24, 2.45) is 4.99 Å². The number of benzene rings is 1. The van der Waals surface area contributed by atoms with E-state index < -0.39 is 0 Å². The number of unbranched alkanes of at least 4 members (excludes halogenated alkanes) is 2. The van der Waals surface area contributed by atoms with E-state index in [0.717, 1.165) is 43.3 Å². The van der Waals surface area contributed by atoms with E-state index in [-0.39, 0.29) is 0 Å². The van der Waals surface area contributed by atoms with Crippen molar-refractivity contribution >= 4 is 5.96 Å². The van der Waals surface area contributed by atoms with Crippen LogP contribution in [0.3, 0.4) is 0 Å². The zero-order chi connectivity index (χ0) is 17.9. The third-order valence-electron chi connectivity index (χ3n) is 3.99. The second-order valence-electron chi connectivity index (χ2n) is 5.95. The Morgan fingerprint density at radius 3 is 2.48 bits per heavy atom. The van der Waals surface area contributed by atoms with Gasteiger partial charge in [0.05, 0.1) is 0 Å². The van der Waals surface area contributed by atoms with E-state index in [0.29, 0.717) is 5.89 Å². The largest absolute Gasteiger partial charge is 0.356 e. The van der Waals surface area contributed by atoms with Crippen LogP contribution in [-0.4, -0.2) is 36.2 Å². The fourth-order valence-corrected chi connectivity index (χ4v) is 2.46. The highest BCUT2D eigenvalue weighted by atomic mass is 16.5. The molecule has 0 spiro atoms. The SMILES string of the molecule is CCCCCNC(=NC)NCCc1ccc(-c2nc(CC)no2)cc1. The molecule has 0 saturated heterocycles. The molecule has 2 aromatic rings.